The van der Waals surface area contributed by atoms with Crippen molar-refractivity contribution in [3.8, 4) is 0 Å². The number of carbonyl (C=O) groups excluding carboxylic acids is 1. The minimum atomic E-state index is -3.29. The minimum Gasteiger partial charge on any atom is -0.382 e. The molecule has 1 aliphatic heterocycles. The number of amides is 1. The third-order valence-corrected chi connectivity index (χ3v) is 4.83. The van der Waals surface area contributed by atoms with Crippen molar-refractivity contribution < 1.29 is 22.7 Å². The molecule has 8 heteroatoms. The molecule has 0 bridgehead atoms. The normalized spacial score (nSPS) is 17.7. The summed E-state index contributed by atoms with van der Waals surface area (Å²) < 4.78 is 35.4. The highest BCUT2D eigenvalue weighted by atomic mass is 32.2. The second kappa shape index (κ2) is 7.78. The van der Waals surface area contributed by atoms with Crippen molar-refractivity contribution in [3.05, 3.63) is 0 Å². The molecular weight excluding hydrogens is 272 g/mol. The Morgan fingerprint density at radius 1 is 1.11 bits per heavy atom. The van der Waals surface area contributed by atoms with Gasteiger partial charge in [-0.2, -0.15) is 4.31 Å². The number of rotatable bonds is 7. The smallest absolute Gasteiger partial charge is 0.219 e. The molecule has 0 aromatic heterocycles. The van der Waals surface area contributed by atoms with Gasteiger partial charge in [0.25, 0.3) is 0 Å². The van der Waals surface area contributed by atoms with Crippen LogP contribution < -0.4 is 0 Å². The molecule has 0 unspecified atom stereocenters. The molecule has 0 aliphatic carbocycles. The Bertz CT molecular complexity index is 377. The van der Waals surface area contributed by atoms with E-state index in [2.05, 4.69) is 0 Å². The van der Waals surface area contributed by atoms with Gasteiger partial charge in [-0.3, -0.25) is 4.79 Å². The van der Waals surface area contributed by atoms with E-state index in [1.807, 2.05) is 0 Å². The number of ether oxygens (including phenoxy) is 2. The van der Waals surface area contributed by atoms with Crippen LogP contribution in [0.2, 0.25) is 0 Å². The van der Waals surface area contributed by atoms with Gasteiger partial charge < -0.3 is 14.4 Å². The van der Waals surface area contributed by atoms with E-state index in [9.17, 15) is 13.2 Å². The Morgan fingerprint density at radius 2 is 1.74 bits per heavy atom. The van der Waals surface area contributed by atoms with E-state index < -0.39 is 10.0 Å². The third-order valence-electron chi connectivity index (χ3n) is 2.99. The molecule has 112 valence electrons. The summed E-state index contributed by atoms with van der Waals surface area (Å²) in [5.41, 5.74) is 0. The molecule has 0 aromatic carbocycles. The van der Waals surface area contributed by atoms with Gasteiger partial charge in [0.2, 0.25) is 15.9 Å². The third kappa shape index (κ3) is 5.43. The molecule has 0 atom stereocenters. The van der Waals surface area contributed by atoms with E-state index in [0.29, 0.717) is 39.4 Å². The van der Waals surface area contributed by atoms with Gasteiger partial charge in [0.1, 0.15) is 0 Å². The Labute approximate surface area is 114 Å². The van der Waals surface area contributed by atoms with Crippen molar-refractivity contribution in [2.45, 2.75) is 6.92 Å². The lowest BCUT2D eigenvalue weighted by molar-refractivity contribution is -0.129. The van der Waals surface area contributed by atoms with Gasteiger partial charge in [0.15, 0.2) is 0 Å². The van der Waals surface area contributed by atoms with Gasteiger partial charge in [-0.05, 0) is 0 Å². The van der Waals surface area contributed by atoms with Gasteiger partial charge in [0.05, 0.1) is 25.6 Å². The summed E-state index contributed by atoms with van der Waals surface area (Å²) in [6.07, 6.45) is 0. The maximum absolute atomic E-state index is 12.0. The molecule has 1 aliphatic rings. The second-order valence-electron chi connectivity index (χ2n) is 4.33. The zero-order valence-electron chi connectivity index (χ0n) is 11.5. The fourth-order valence-electron chi connectivity index (χ4n) is 1.82. The molecular formula is C11H22N2O5S. The van der Waals surface area contributed by atoms with E-state index in [1.54, 1.807) is 12.0 Å². The molecule has 0 radical (unpaired) electrons. The van der Waals surface area contributed by atoms with Crippen LogP contribution in [-0.2, 0) is 24.3 Å². The molecule has 19 heavy (non-hydrogen) atoms. The van der Waals surface area contributed by atoms with E-state index in [0.717, 1.165) is 0 Å². The van der Waals surface area contributed by atoms with Crippen molar-refractivity contribution in [2.75, 3.05) is 58.9 Å². The van der Waals surface area contributed by atoms with Crippen LogP contribution in [0.1, 0.15) is 6.92 Å². The summed E-state index contributed by atoms with van der Waals surface area (Å²) in [6, 6.07) is 0. The SMILES string of the molecule is COCCOCCS(=O)(=O)N1CCN(C(C)=O)CC1. The largest absolute Gasteiger partial charge is 0.382 e. The van der Waals surface area contributed by atoms with Crippen LogP contribution in [0.25, 0.3) is 0 Å². The van der Waals surface area contributed by atoms with Crippen LogP contribution in [-0.4, -0.2) is 82.4 Å². The maximum Gasteiger partial charge on any atom is 0.219 e. The predicted molar refractivity (Wildman–Crippen MR) is 70.3 cm³/mol. The zero-order valence-corrected chi connectivity index (χ0v) is 12.3. The Kier molecular flexibility index (Phi) is 6.70. The van der Waals surface area contributed by atoms with E-state index in [4.69, 9.17) is 9.47 Å². The maximum atomic E-state index is 12.0. The quantitative estimate of drug-likeness (QED) is 0.571. The van der Waals surface area contributed by atoms with Crippen molar-refractivity contribution in [2.24, 2.45) is 0 Å². The lowest BCUT2D eigenvalue weighted by Crippen LogP contribution is -2.50. The standard InChI is InChI=1S/C11H22N2O5S/c1-11(14)12-3-5-13(6-4-12)19(15,16)10-9-18-8-7-17-2/h3-10H2,1-2H3. The minimum absolute atomic E-state index is 0.0139. The number of piperazine rings is 1. The number of hydrogen-bond acceptors (Lipinski definition) is 5. The molecule has 1 heterocycles. The molecule has 0 N–H and O–H groups in total. The number of methoxy groups -OCH3 is 1. The first-order valence-corrected chi connectivity index (χ1v) is 7.88. The van der Waals surface area contributed by atoms with Crippen LogP contribution in [0.3, 0.4) is 0 Å². The first-order chi connectivity index (χ1) is 8.97. The van der Waals surface area contributed by atoms with Crippen molar-refractivity contribution in [1.82, 2.24) is 9.21 Å². The first-order valence-electron chi connectivity index (χ1n) is 6.27. The number of sulfonamides is 1. The average Bonchev–Trinajstić information content (AvgIpc) is 2.38. The topological polar surface area (TPSA) is 76.2 Å². The fraction of sp³-hybridized carbons (Fsp3) is 0.909. The first kappa shape index (κ1) is 16.4. The summed E-state index contributed by atoms with van der Waals surface area (Å²) in [7, 11) is -1.73. The molecule has 0 saturated carbocycles. The molecule has 1 rings (SSSR count). The summed E-state index contributed by atoms with van der Waals surface area (Å²) in [6.45, 7) is 4.14. The molecule has 0 spiro atoms. The van der Waals surface area contributed by atoms with Gasteiger partial charge in [0, 0.05) is 40.2 Å². The number of carbonyl (C=O) groups is 1. The Morgan fingerprint density at radius 3 is 2.26 bits per heavy atom. The van der Waals surface area contributed by atoms with Crippen LogP contribution in [0.15, 0.2) is 0 Å². The van der Waals surface area contributed by atoms with E-state index in [1.165, 1.54) is 11.2 Å². The van der Waals surface area contributed by atoms with Crippen LogP contribution in [0, 0.1) is 0 Å². The second-order valence-corrected chi connectivity index (χ2v) is 6.41. The van der Waals surface area contributed by atoms with Gasteiger partial charge in [-0.25, -0.2) is 8.42 Å². The lowest BCUT2D eigenvalue weighted by Gasteiger charge is -2.33. The van der Waals surface area contributed by atoms with Crippen molar-refractivity contribution >= 4 is 15.9 Å². The zero-order chi connectivity index (χ0) is 14.3. The molecule has 1 fully saturated rings. The molecule has 1 saturated heterocycles. The Balaban J connectivity index is 2.32. The summed E-state index contributed by atoms with van der Waals surface area (Å²) in [5, 5.41) is 0. The Hall–Kier alpha value is -0.700. The van der Waals surface area contributed by atoms with Crippen molar-refractivity contribution in [1.29, 1.82) is 0 Å². The lowest BCUT2D eigenvalue weighted by atomic mass is 10.3. The molecule has 7 nitrogen and oxygen atoms in total. The fourth-order valence-corrected chi connectivity index (χ4v) is 3.13. The average molecular weight is 294 g/mol. The monoisotopic (exact) mass is 294 g/mol. The van der Waals surface area contributed by atoms with Gasteiger partial charge in [-0.15, -0.1) is 0 Å². The van der Waals surface area contributed by atoms with Crippen molar-refractivity contribution in [3.63, 3.8) is 0 Å². The highest BCUT2D eigenvalue weighted by Crippen LogP contribution is 2.08. The van der Waals surface area contributed by atoms with Crippen LogP contribution in [0.4, 0.5) is 0 Å². The summed E-state index contributed by atoms with van der Waals surface area (Å²) in [4.78, 5) is 12.8. The summed E-state index contributed by atoms with van der Waals surface area (Å²) >= 11 is 0. The van der Waals surface area contributed by atoms with E-state index >= 15 is 0 Å². The van der Waals surface area contributed by atoms with Crippen LogP contribution in [0.5, 0.6) is 0 Å². The number of nitrogens with zero attached hydrogens (tertiary/aromatic N) is 2. The van der Waals surface area contributed by atoms with Gasteiger partial charge >= 0.3 is 0 Å². The molecule has 1 amide bonds. The number of hydrogen-bond donors (Lipinski definition) is 0. The summed E-state index contributed by atoms with van der Waals surface area (Å²) in [5.74, 6) is -0.0449. The highest BCUT2D eigenvalue weighted by molar-refractivity contribution is 7.89. The predicted octanol–water partition coefficient (Wildman–Crippen LogP) is -0.857. The van der Waals surface area contributed by atoms with E-state index in [-0.39, 0.29) is 18.3 Å². The molecule has 0 aromatic rings. The van der Waals surface area contributed by atoms with Crippen LogP contribution >= 0.6 is 0 Å². The highest BCUT2D eigenvalue weighted by Gasteiger charge is 2.27. The van der Waals surface area contributed by atoms with Gasteiger partial charge in [-0.1, -0.05) is 0 Å².